The van der Waals surface area contributed by atoms with Gasteiger partial charge in [-0.2, -0.15) is 0 Å². The maximum Gasteiger partial charge on any atom is 0.140 e. The third kappa shape index (κ3) is 8.02. The van der Waals surface area contributed by atoms with Gasteiger partial charge in [-0.15, -0.1) is 0 Å². The number of amidine groups is 1. The molecule has 3 N–H and O–H groups in total. The van der Waals surface area contributed by atoms with Crippen molar-refractivity contribution in [2.24, 2.45) is 22.7 Å². The molecular formula is C13H29N3O. The van der Waals surface area contributed by atoms with Crippen LogP contribution in [0.25, 0.3) is 0 Å². The monoisotopic (exact) mass is 243 g/mol. The molecule has 102 valence electrons. The molecule has 0 aromatic carbocycles. The standard InChI is InChI=1S/C13H29N3O/c1-5-12(6-2)10-16(9-11(3)4)8-7-13(14)15-17/h11-12,17H,5-10H2,1-4H3,(H2,14,15). The third-order valence-electron chi connectivity index (χ3n) is 3.11. The molecule has 17 heavy (non-hydrogen) atoms. The number of hydrogen-bond donors (Lipinski definition) is 2. The van der Waals surface area contributed by atoms with Crippen LogP contribution in [-0.4, -0.2) is 35.6 Å². The molecule has 0 heterocycles. The van der Waals surface area contributed by atoms with E-state index in [-0.39, 0.29) is 0 Å². The first kappa shape index (κ1) is 16.2. The zero-order valence-corrected chi connectivity index (χ0v) is 11.8. The summed E-state index contributed by atoms with van der Waals surface area (Å²) in [4.78, 5) is 2.43. The number of oxime groups is 1. The Morgan fingerprint density at radius 1 is 1.24 bits per heavy atom. The first-order valence-corrected chi connectivity index (χ1v) is 6.72. The normalized spacial score (nSPS) is 13.0. The Morgan fingerprint density at radius 3 is 2.24 bits per heavy atom. The number of nitrogens with two attached hydrogens (primary N) is 1. The lowest BCUT2D eigenvalue weighted by molar-refractivity contribution is 0.206. The van der Waals surface area contributed by atoms with Gasteiger partial charge in [0, 0.05) is 26.1 Å². The molecule has 0 aliphatic rings. The lowest BCUT2D eigenvalue weighted by atomic mass is 10.0. The van der Waals surface area contributed by atoms with E-state index in [1.165, 1.54) is 12.8 Å². The van der Waals surface area contributed by atoms with Crippen LogP contribution in [0.5, 0.6) is 0 Å². The first-order chi connectivity index (χ1) is 8.03. The summed E-state index contributed by atoms with van der Waals surface area (Å²) in [6.45, 7) is 12.0. The van der Waals surface area contributed by atoms with Crippen LogP contribution >= 0.6 is 0 Å². The Kier molecular flexibility index (Phi) is 8.86. The quantitative estimate of drug-likeness (QED) is 0.283. The van der Waals surface area contributed by atoms with Gasteiger partial charge in [0.1, 0.15) is 5.84 Å². The number of hydrogen-bond acceptors (Lipinski definition) is 3. The molecule has 0 bridgehead atoms. The SMILES string of the molecule is CCC(CC)CN(CCC(N)=NO)CC(C)C. The summed E-state index contributed by atoms with van der Waals surface area (Å²) in [5.41, 5.74) is 5.52. The maximum atomic E-state index is 8.55. The second-order valence-corrected chi connectivity index (χ2v) is 5.18. The lowest BCUT2D eigenvalue weighted by Gasteiger charge is -2.27. The molecule has 4 nitrogen and oxygen atoms in total. The van der Waals surface area contributed by atoms with Gasteiger partial charge in [0.05, 0.1) is 0 Å². The Balaban J connectivity index is 4.22. The van der Waals surface area contributed by atoms with E-state index in [0.29, 0.717) is 18.2 Å². The predicted molar refractivity (Wildman–Crippen MR) is 73.4 cm³/mol. The van der Waals surface area contributed by atoms with Crippen LogP contribution in [0.2, 0.25) is 0 Å². The molecule has 0 fully saturated rings. The zero-order chi connectivity index (χ0) is 13.3. The number of nitrogens with zero attached hydrogens (tertiary/aromatic N) is 2. The fourth-order valence-electron chi connectivity index (χ4n) is 2.01. The van der Waals surface area contributed by atoms with Crippen LogP contribution in [0, 0.1) is 11.8 Å². The van der Waals surface area contributed by atoms with E-state index in [4.69, 9.17) is 10.9 Å². The summed E-state index contributed by atoms with van der Waals surface area (Å²) in [5.74, 6) is 1.72. The van der Waals surface area contributed by atoms with Crippen molar-refractivity contribution in [1.82, 2.24) is 4.90 Å². The average molecular weight is 243 g/mol. The van der Waals surface area contributed by atoms with Crippen LogP contribution < -0.4 is 5.73 Å². The molecule has 0 saturated heterocycles. The summed E-state index contributed by atoms with van der Waals surface area (Å²) in [7, 11) is 0. The highest BCUT2D eigenvalue weighted by molar-refractivity contribution is 5.79. The van der Waals surface area contributed by atoms with E-state index in [1.807, 2.05) is 0 Å². The largest absolute Gasteiger partial charge is 0.409 e. The Bertz CT molecular complexity index is 213. The minimum atomic E-state index is 0.323. The van der Waals surface area contributed by atoms with Crippen LogP contribution in [-0.2, 0) is 0 Å². The summed E-state index contributed by atoms with van der Waals surface area (Å²) in [5, 5.41) is 11.6. The fraction of sp³-hybridized carbons (Fsp3) is 0.923. The van der Waals surface area contributed by atoms with Crippen LogP contribution in [0.15, 0.2) is 5.16 Å². The second kappa shape index (κ2) is 9.28. The van der Waals surface area contributed by atoms with Crippen molar-refractivity contribution in [2.75, 3.05) is 19.6 Å². The molecule has 0 aromatic heterocycles. The first-order valence-electron chi connectivity index (χ1n) is 6.72. The molecule has 0 saturated carbocycles. The van der Waals surface area contributed by atoms with Gasteiger partial charge in [-0.1, -0.05) is 45.7 Å². The van der Waals surface area contributed by atoms with E-state index in [2.05, 4.69) is 37.8 Å². The molecule has 0 aromatic rings. The summed E-state index contributed by atoms with van der Waals surface area (Å²) >= 11 is 0. The van der Waals surface area contributed by atoms with Gasteiger partial charge in [0.25, 0.3) is 0 Å². The van der Waals surface area contributed by atoms with Crippen LogP contribution in [0.3, 0.4) is 0 Å². The summed E-state index contributed by atoms with van der Waals surface area (Å²) in [6.07, 6.45) is 3.08. The van der Waals surface area contributed by atoms with Crippen molar-refractivity contribution in [2.45, 2.75) is 47.0 Å². The molecule has 0 rings (SSSR count). The van der Waals surface area contributed by atoms with Crippen molar-refractivity contribution >= 4 is 5.84 Å². The van der Waals surface area contributed by atoms with Gasteiger partial charge in [-0.25, -0.2) is 0 Å². The molecule has 0 spiro atoms. The minimum absolute atomic E-state index is 0.323. The molecule has 0 aliphatic heterocycles. The van der Waals surface area contributed by atoms with E-state index in [9.17, 15) is 0 Å². The van der Waals surface area contributed by atoms with Gasteiger partial charge >= 0.3 is 0 Å². The fourth-order valence-corrected chi connectivity index (χ4v) is 2.01. The zero-order valence-electron chi connectivity index (χ0n) is 11.8. The van der Waals surface area contributed by atoms with Gasteiger partial charge < -0.3 is 15.8 Å². The molecule has 0 unspecified atom stereocenters. The van der Waals surface area contributed by atoms with Gasteiger partial charge in [-0.3, -0.25) is 0 Å². The molecule has 0 atom stereocenters. The van der Waals surface area contributed by atoms with Crippen molar-refractivity contribution in [3.05, 3.63) is 0 Å². The van der Waals surface area contributed by atoms with E-state index in [1.54, 1.807) is 0 Å². The highest BCUT2D eigenvalue weighted by atomic mass is 16.4. The minimum Gasteiger partial charge on any atom is -0.409 e. The van der Waals surface area contributed by atoms with Crippen molar-refractivity contribution < 1.29 is 5.21 Å². The van der Waals surface area contributed by atoms with Crippen LogP contribution in [0.1, 0.15) is 47.0 Å². The third-order valence-corrected chi connectivity index (χ3v) is 3.11. The van der Waals surface area contributed by atoms with Gasteiger partial charge in [0.15, 0.2) is 0 Å². The maximum absolute atomic E-state index is 8.55. The number of rotatable bonds is 9. The Morgan fingerprint density at radius 2 is 1.82 bits per heavy atom. The molecule has 0 radical (unpaired) electrons. The van der Waals surface area contributed by atoms with Gasteiger partial charge in [-0.05, 0) is 11.8 Å². The summed E-state index contributed by atoms with van der Waals surface area (Å²) < 4.78 is 0. The topological polar surface area (TPSA) is 61.8 Å². The van der Waals surface area contributed by atoms with E-state index < -0.39 is 0 Å². The van der Waals surface area contributed by atoms with Crippen molar-refractivity contribution in [3.63, 3.8) is 0 Å². The highest BCUT2D eigenvalue weighted by Gasteiger charge is 2.13. The molecule has 0 amide bonds. The Labute approximate surface area is 106 Å². The van der Waals surface area contributed by atoms with Crippen molar-refractivity contribution in [3.8, 4) is 0 Å². The molecule has 0 aliphatic carbocycles. The smallest absolute Gasteiger partial charge is 0.140 e. The second-order valence-electron chi connectivity index (χ2n) is 5.18. The molecular weight excluding hydrogens is 214 g/mol. The van der Waals surface area contributed by atoms with Gasteiger partial charge in [0.2, 0.25) is 0 Å². The summed E-state index contributed by atoms with van der Waals surface area (Å²) in [6, 6.07) is 0. The Hall–Kier alpha value is -0.770. The highest BCUT2D eigenvalue weighted by Crippen LogP contribution is 2.11. The predicted octanol–water partition coefficient (Wildman–Crippen LogP) is 2.52. The van der Waals surface area contributed by atoms with Crippen LogP contribution in [0.4, 0.5) is 0 Å². The lowest BCUT2D eigenvalue weighted by Crippen LogP contribution is -2.35. The van der Waals surface area contributed by atoms with Crippen molar-refractivity contribution in [1.29, 1.82) is 0 Å². The molecule has 4 heteroatoms. The average Bonchev–Trinajstić information content (AvgIpc) is 2.31. The van der Waals surface area contributed by atoms with E-state index in [0.717, 1.165) is 25.6 Å². The van der Waals surface area contributed by atoms with E-state index >= 15 is 0 Å².